The van der Waals surface area contributed by atoms with Crippen LogP contribution < -0.4 is 0 Å². The van der Waals surface area contributed by atoms with Crippen LogP contribution in [-0.4, -0.2) is 37.7 Å². The number of ether oxygens (including phenoxy) is 3. The second kappa shape index (κ2) is 50.5. The quantitative estimate of drug-likeness (QED) is 0.0262. The number of rotatable bonds is 46. The minimum Gasteiger partial charge on any atom is -0.465 e. The molecule has 0 N–H and O–H groups in total. The number of carbonyl (C=O) groups is 3. The smallest absolute Gasteiger partial charge is 0.305 e. The van der Waals surface area contributed by atoms with Crippen LogP contribution in [0.5, 0.6) is 0 Å². The van der Waals surface area contributed by atoms with Gasteiger partial charge in [0.05, 0.1) is 5.41 Å². The van der Waals surface area contributed by atoms with Gasteiger partial charge in [0.25, 0.3) is 0 Å². The molecule has 0 atom stereocenters. The van der Waals surface area contributed by atoms with Gasteiger partial charge in [0.15, 0.2) is 0 Å². The molecule has 0 spiro atoms. The summed E-state index contributed by atoms with van der Waals surface area (Å²) in [4.78, 5) is 38.6. The minimum atomic E-state index is -0.777. The average Bonchev–Trinajstić information content (AvgIpc) is 3.32. The van der Waals surface area contributed by atoms with Gasteiger partial charge < -0.3 is 14.2 Å². The molecule has 0 bridgehead atoms. The van der Waals surface area contributed by atoms with Gasteiger partial charge in [0.1, 0.15) is 19.8 Å². The lowest BCUT2D eigenvalue weighted by molar-refractivity contribution is -0.162. The SMILES string of the molecule is CCC=CCC=CCC=CCCCCCCCC(=O)OCC(CC)(COC(=O)CCCCCCCC=CCC=CCC=CCC)COC(=O)CCCCCCCC=CCC=CCC=CCC. The Kier molecular flexibility index (Phi) is 47.5. The van der Waals surface area contributed by atoms with E-state index in [9.17, 15) is 14.4 Å². The topological polar surface area (TPSA) is 78.9 Å². The number of hydrogen-bond acceptors (Lipinski definition) is 6. The Morgan fingerprint density at radius 3 is 0.788 bits per heavy atom. The van der Waals surface area contributed by atoms with Gasteiger partial charge in [0.2, 0.25) is 0 Å². The molecule has 0 saturated heterocycles. The monoisotopic (exact) mass is 915 g/mol. The van der Waals surface area contributed by atoms with Crippen molar-refractivity contribution in [1.82, 2.24) is 0 Å². The van der Waals surface area contributed by atoms with Gasteiger partial charge in [0, 0.05) is 19.3 Å². The Labute approximate surface area is 406 Å². The van der Waals surface area contributed by atoms with E-state index in [1.54, 1.807) is 0 Å². The Bertz CT molecular complexity index is 1240. The zero-order valence-corrected chi connectivity index (χ0v) is 42.9. The molecule has 0 aromatic rings. The maximum Gasteiger partial charge on any atom is 0.305 e. The summed E-state index contributed by atoms with van der Waals surface area (Å²) in [6.07, 6.45) is 69.6. The summed E-state index contributed by atoms with van der Waals surface area (Å²) in [5, 5.41) is 0. The standard InChI is InChI=1S/C60H98O6/c1-5-9-12-15-18-21-24-27-30-33-36-39-42-45-48-51-57(61)64-54-60(8-4,55-65-58(62)52-49-46-43-40-37-34-31-28-25-22-19-16-13-10-6-2)56-66-59(63)53-50-47-44-41-38-35-32-29-26-23-20-17-14-11-7-3/h9-14,18-23,27-32H,5-8,15-17,24-26,33-56H2,1-4H3. The molecule has 0 aliphatic rings. The largest absolute Gasteiger partial charge is 0.465 e. The van der Waals surface area contributed by atoms with Gasteiger partial charge in [-0.25, -0.2) is 0 Å². The van der Waals surface area contributed by atoms with E-state index in [0.29, 0.717) is 25.7 Å². The highest BCUT2D eigenvalue weighted by Crippen LogP contribution is 2.26. The van der Waals surface area contributed by atoms with Crippen molar-refractivity contribution >= 4 is 17.9 Å². The third-order valence-corrected chi connectivity index (χ3v) is 11.5. The number of hydrogen-bond donors (Lipinski definition) is 0. The molecule has 0 unspecified atom stereocenters. The molecule has 66 heavy (non-hydrogen) atoms. The van der Waals surface area contributed by atoms with Crippen LogP contribution >= 0.6 is 0 Å². The lowest BCUT2D eigenvalue weighted by atomic mass is 9.88. The Balaban J connectivity index is 4.72. The Morgan fingerprint density at radius 1 is 0.303 bits per heavy atom. The fraction of sp³-hybridized carbons (Fsp3) is 0.650. The van der Waals surface area contributed by atoms with Crippen LogP contribution in [0.4, 0.5) is 0 Å². The number of esters is 3. The number of unbranched alkanes of at least 4 members (excludes halogenated alkanes) is 15. The number of carbonyl (C=O) groups excluding carboxylic acids is 3. The normalized spacial score (nSPS) is 13.5. The first-order valence-corrected chi connectivity index (χ1v) is 26.7. The average molecular weight is 915 g/mol. The van der Waals surface area contributed by atoms with Crippen molar-refractivity contribution < 1.29 is 28.6 Å². The molecule has 6 heteroatoms. The molecule has 0 saturated carbocycles. The molecule has 6 nitrogen and oxygen atoms in total. The van der Waals surface area contributed by atoms with Gasteiger partial charge in [-0.05, 0) is 122 Å². The lowest BCUT2D eigenvalue weighted by Gasteiger charge is -2.31. The first-order chi connectivity index (χ1) is 32.4. The fourth-order valence-electron chi connectivity index (χ4n) is 7.01. The minimum absolute atomic E-state index is 0.0575. The summed E-state index contributed by atoms with van der Waals surface area (Å²) in [6.45, 7) is 8.60. The highest BCUT2D eigenvalue weighted by molar-refractivity contribution is 5.70. The van der Waals surface area contributed by atoms with Crippen LogP contribution in [0, 0.1) is 5.41 Å². The summed E-state index contributed by atoms with van der Waals surface area (Å²) in [7, 11) is 0. The molecular formula is C60H98O6. The van der Waals surface area contributed by atoms with Crippen molar-refractivity contribution in [3.63, 3.8) is 0 Å². The third kappa shape index (κ3) is 45.2. The highest BCUT2D eigenvalue weighted by atomic mass is 16.6. The molecule has 0 aliphatic heterocycles. The van der Waals surface area contributed by atoms with E-state index in [4.69, 9.17) is 14.2 Å². The van der Waals surface area contributed by atoms with Crippen molar-refractivity contribution in [2.45, 2.75) is 227 Å². The first kappa shape index (κ1) is 62.1. The van der Waals surface area contributed by atoms with Crippen LogP contribution in [0.25, 0.3) is 0 Å². The molecular weight excluding hydrogens is 817 g/mol. The van der Waals surface area contributed by atoms with E-state index in [0.717, 1.165) is 173 Å². The molecule has 0 fully saturated rings. The third-order valence-electron chi connectivity index (χ3n) is 11.5. The van der Waals surface area contributed by atoms with Crippen LogP contribution in [0.2, 0.25) is 0 Å². The number of allylic oxidation sites excluding steroid dienone is 18. The van der Waals surface area contributed by atoms with Gasteiger partial charge >= 0.3 is 17.9 Å². The van der Waals surface area contributed by atoms with E-state index in [1.165, 1.54) is 0 Å². The highest BCUT2D eigenvalue weighted by Gasteiger charge is 2.34. The molecule has 0 rings (SSSR count). The Hall–Kier alpha value is -3.93. The van der Waals surface area contributed by atoms with E-state index in [2.05, 4.69) is 130 Å². The van der Waals surface area contributed by atoms with Crippen LogP contribution in [-0.2, 0) is 28.6 Å². The van der Waals surface area contributed by atoms with Gasteiger partial charge in [-0.15, -0.1) is 0 Å². The predicted octanol–water partition coefficient (Wildman–Crippen LogP) is 17.8. The summed E-state index contributed by atoms with van der Waals surface area (Å²) < 4.78 is 17.4. The van der Waals surface area contributed by atoms with Crippen LogP contribution in [0.15, 0.2) is 109 Å². The molecule has 374 valence electrons. The van der Waals surface area contributed by atoms with Gasteiger partial charge in [-0.3, -0.25) is 14.4 Å². The summed E-state index contributed by atoms with van der Waals surface area (Å²) in [5.41, 5.74) is -0.777. The van der Waals surface area contributed by atoms with Gasteiger partial charge in [-0.1, -0.05) is 195 Å². The van der Waals surface area contributed by atoms with Crippen molar-refractivity contribution in [2.75, 3.05) is 19.8 Å². The second-order valence-electron chi connectivity index (χ2n) is 17.6. The molecule has 0 radical (unpaired) electrons. The van der Waals surface area contributed by atoms with Crippen molar-refractivity contribution in [2.24, 2.45) is 5.41 Å². The predicted molar refractivity (Wildman–Crippen MR) is 283 cm³/mol. The van der Waals surface area contributed by atoms with Crippen molar-refractivity contribution in [3.8, 4) is 0 Å². The summed E-state index contributed by atoms with van der Waals surface area (Å²) in [6, 6.07) is 0. The zero-order valence-electron chi connectivity index (χ0n) is 42.9. The van der Waals surface area contributed by atoms with Crippen LogP contribution in [0.1, 0.15) is 227 Å². The van der Waals surface area contributed by atoms with E-state index in [1.807, 2.05) is 6.92 Å². The van der Waals surface area contributed by atoms with Gasteiger partial charge in [-0.2, -0.15) is 0 Å². The molecule has 0 aromatic carbocycles. The van der Waals surface area contributed by atoms with E-state index in [-0.39, 0.29) is 37.7 Å². The molecule has 0 heterocycles. The lowest BCUT2D eigenvalue weighted by Crippen LogP contribution is -2.39. The molecule has 0 aromatic heterocycles. The van der Waals surface area contributed by atoms with Crippen LogP contribution in [0.3, 0.4) is 0 Å². The fourth-order valence-corrected chi connectivity index (χ4v) is 7.01. The zero-order chi connectivity index (χ0) is 48.1. The van der Waals surface area contributed by atoms with E-state index >= 15 is 0 Å². The van der Waals surface area contributed by atoms with Crippen molar-refractivity contribution in [1.29, 1.82) is 0 Å². The van der Waals surface area contributed by atoms with Crippen molar-refractivity contribution in [3.05, 3.63) is 109 Å². The maximum absolute atomic E-state index is 12.9. The molecule has 0 amide bonds. The summed E-state index contributed by atoms with van der Waals surface area (Å²) >= 11 is 0. The van der Waals surface area contributed by atoms with E-state index < -0.39 is 5.41 Å². The summed E-state index contributed by atoms with van der Waals surface area (Å²) in [5.74, 6) is -0.758. The maximum atomic E-state index is 12.9. The molecule has 0 aliphatic carbocycles. The Morgan fingerprint density at radius 2 is 0.530 bits per heavy atom. The second-order valence-corrected chi connectivity index (χ2v) is 17.6. The first-order valence-electron chi connectivity index (χ1n) is 26.7.